The van der Waals surface area contributed by atoms with Crippen molar-refractivity contribution in [3.63, 3.8) is 0 Å². The van der Waals surface area contributed by atoms with Crippen LogP contribution in [0.1, 0.15) is 22.3 Å². The highest BCUT2D eigenvalue weighted by Gasteiger charge is 2.15. The van der Waals surface area contributed by atoms with Crippen molar-refractivity contribution < 1.29 is 5.11 Å². The zero-order valence-corrected chi connectivity index (χ0v) is 15.0. The van der Waals surface area contributed by atoms with Crippen LogP contribution in [0.25, 0.3) is 28.0 Å². The molecule has 0 radical (unpaired) electrons. The van der Waals surface area contributed by atoms with E-state index in [4.69, 9.17) is 0 Å². The SMILES string of the molecule is Oc1ccc2cccc3c2c1C=CC3.c1ccc2c(c1)Cc1ccccc1-2. The molecule has 4 aromatic carbocycles. The lowest BCUT2D eigenvalue weighted by atomic mass is 9.93. The maximum Gasteiger partial charge on any atom is 0.123 e. The smallest absolute Gasteiger partial charge is 0.123 e. The molecule has 2 aliphatic rings. The minimum absolute atomic E-state index is 0.376. The Morgan fingerprint density at radius 1 is 0.630 bits per heavy atom. The van der Waals surface area contributed by atoms with Gasteiger partial charge in [0.05, 0.1) is 0 Å². The van der Waals surface area contributed by atoms with Crippen LogP contribution in [0.2, 0.25) is 0 Å². The average molecular weight is 348 g/mol. The number of hydrogen-bond donors (Lipinski definition) is 1. The summed E-state index contributed by atoms with van der Waals surface area (Å²) < 4.78 is 0. The first-order valence-electron chi connectivity index (χ1n) is 9.37. The van der Waals surface area contributed by atoms with Gasteiger partial charge in [-0.3, -0.25) is 0 Å². The summed E-state index contributed by atoms with van der Waals surface area (Å²) in [5.74, 6) is 0.376. The Morgan fingerprint density at radius 2 is 1.30 bits per heavy atom. The summed E-state index contributed by atoms with van der Waals surface area (Å²) in [6.07, 6.45) is 6.17. The Balaban J connectivity index is 0.000000119. The fraction of sp³-hybridized carbons (Fsp3) is 0.0769. The van der Waals surface area contributed by atoms with E-state index in [1.165, 1.54) is 38.6 Å². The number of hydrogen-bond acceptors (Lipinski definition) is 1. The zero-order chi connectivity index (χ0) is 18.2. The van der Waals surface area contributed by atoms with E-state index in [0.29, 0.717) is 5.75 Å². The molecule has 0 amide bonds. The molecule has 0 spiro atoms. The van der Waals surface area contributed by atoms with E-state index < -0.39 is 0 Å². The Kier molecular flexibility index (Phi) is 3.79. The second-order valence-corrected chi connectivity index (χ2v) is 7.11. The summed E-state index contributed by atoms with van der Waals surface area (Å²) in [7, 11) is 0. The molecule has 0 saturated heterocycles. The van der Waals surface area contributed by atoms with Gasteiger partial charge < -0.3 is 5.11 Å². The second-order valence-electron chi connectivity index (χ2n) is 7.11. The Hall–Kier alpha value is -3.32. The Morgan fingerprint density at radius 3 is 2.04 bits per heavy atom. The standard InChI is InChI=1S/C13H10O.C13H10/c14-12-8-7-10-4-1-3-9-5-2-6-11(12)13(9)10;1-3-7-12-10(5-1)9-11-6-2-4-8-13(11)12/h1-4,6-8,14H,5H2;1-8H,9H2. The third-order valence-electron chi connectivity index (χ3n) is 5.48. The molecular formula is C26H20O. The molecule has 0 aromatic heterocycles. The summed E-state index contributed by atoms with van der Waals surface area (Å²) in [6, 6.07) is 27.3. The van der Waals surface area contributed by atoms with Crippen LogP contribution < -0.4 is 0 Å². The fourth-order valence-corrected chi connectivity index (χ4v) is 4.20. The van der Waals surface area contributed by atoms with Gasteiger partial charge in [-0.1, -0.05) is 84.9 Å². The van der Waals surface area contributed by atoms with Gasteiger partial charge in [-0.2, -0.15) is 0 Å². The lowest BCUT2D eigenvalue weighted by molar-refractivity contribution is 0.475. The summed E-state index contributed by atoms with van der Waals surface area (Å²) in [4.78, 5) is 0. The van der Waals surface area contributed by atoms with Crippen molar-refractivity contribution in [2.75, 3.05) is 0 Å². The van der Waals surface area contributed by atoms with Crippen LogP contribution in [0.3, 0.4) is 0 Å². The van der Waals surface area contributed by atoms with E-state index in [0.717, 1.165) is 18.4 Å². The summed E-state index contributed by atoms with van der Waals surface area (Å²) in [6.45, 7) is 0. The van der Waals surface area contributed by atoms with Gasteiger partial charge in [0.25, 0.3) is 0 Å². The molecule has 0 fully saturated rings. The third kappa shape index (κ3) is 2.72. The highest BCUT2D eigenvalue weighted by atomic mass is 16.3. The van der Waals surface area contributed by atoms with Gasteiger partial charge in [0.2, 0.25) is 0 Å². The molecule has 0 atom stereocenters. The van der Waals surface area contributed by atoms with Crippen LogP contribution in [0.15, 0.2) is 84.9 Å². The summed E-state index contributed by atoms with van der Waals surface area (Å²) >= 11 is 0. The third-order valence-corrected chi connectivity index (χ3v) is 5.48. The van der Waals surface area contributed by atoms with E-state index in [-0.39, 0.29) is 0 Å². The molecule has 0 aliphatic heterocycles. The van der Waals surface area contributed by atoms with Gasteiger partial charge in [-0.05, 0) is 57.5 Å². The molecule has 0 heterocycles. The quantitative estimate of drug-likeness (QED) is 0.345. The van der Waals surface area contributed by atoms with Gasteiger partial charge >= 0.3 is 0 Å². The van der Waals surface area contributed by atoms with Crippen molar-refractivity contribution in [2.24, 2.45) is 0 Å². The fourth-order valence-electron chi connectivity index (χ4n) is 4.20. The monoisotopic (exact) mass is 348 g/mol. The first-order chi connectivity index (χ1) is 13.3. The predicted molar refractivity (Wildman–Crippen MR) is 113 cm³/mol. The Labute approximate surface area is 159 Å². The molecule has 6 rings (SSSR count). The van der Waals surface area contributed by atoms with Gasteiger partial charge in [-0.15, -0.1) is 0 Å². The van der Waals surface area contributed by atoms with Gasteiger partial charge in [0, 0.05) is 5.56 Å². The maximum atomic E-state index is 9.72. The van der Waals surface area contributed by atoms with Crippen LogP contribution in [0, 0.1) is 0 Å². The van der Waals surface area contributed by atoms with Crippen molar-refractivity contribution in [3.05, 3.63) is 107 Å². The lowest BCUT2D eigenvalue weighted by Gasteiger charge is -2.13. The molecule has 27 heavy (non-hydrogen) atoms. The highest BCUT2D eigenvalue weighted by Crippen LogP contribution is 2.36. The predicted octanol–water partition coefficient (Wildman–Crippen LogP) is 6.37. The van der Waals surface area contributed by atoms with E-state index in [1.807, 2.05) is 12.1 Å². The average Bonchev–Trinajstić information content (AvgIpc) is 3.10. The molecule has 130 valence electrons. The number of aromatic hydroxyl groups is 1. The van der Waals surface area contributed by atoms with Crippen molar-refractivity contribution in [2.45, 2.75) is 12.8 Å². The first kappa shape index (κ1) is 15.9. The molecule has 2 aliphatic carbocycles. The number of allylic oxidation sites excluding steroid dienone is 1. The zero-order valence-electron chi connectivity index (χ0n) is 15.0. The highest BCUT2D eigenvalue weighted by molar-refractivity contribution is 5.97. The topological polar surface area (TPSA) is 20.2 Å². The van der Waals surface area contributed by atoms with Crippen LogP contribution in [-0.4, -0.2) is 5.11 Å². The van der Waals surface area contributed by atoms with E-state index in [1.54, 1.807) is 6.07 Å². The summed E-state index contributed by atoms with van der Waals surface area (Å²) in [5, 5.41) is 12.1. The second kappa shape index (κ2) is 6.44. The lowest BCUT2D eigenvalue weighted by Crippen LogP contribution is -1.92. The van der Waals surface area contributed by atoms with E-state index in [2.05, 4.69) is 72.8 Å². The van der Waals surface area contributed by atoms with E-state index in [9.17, 15) is 5.11 Å². The number of fused-ring (bicyclic) bond motifs is 3. The van der Waals surface area contributed by atoms with Crippen molar-refractivity contribution in [3.8, 4) is 16.9 Å². The van der Waals surface area contributed by atoms with Crippen LogP contribution in [0.5, 0.6) is 5.75 Å². The summed E-state index contributed by atoms with van der Waals surface area (Å²) in [5.41, 5.74) is 8.02. The molecule has 1 heteroatoms. The minimum atomic E-state index is 0.376. The Bertz CT molecular complexity index is 1140. The normalized spacial score (nSPS) is 12.9. The number of rotatable bonds is 0. The van der Waals surface area contributed by atoms with Gasteiger partial charge in [0.1, 0.15) is 5.75 Å². The van der Waals surface area contributed by atoms with Crippen LogP contribution in [0.4, 0.5) is 0 Å². The number of phenolic OH excluding ortho intramolecular Hbond substituents is 1. The molecule has 1 nitrogen and oxygen atoms in total. The molecule has 0 saturated carbocycles. The molecule has 0 unspecified atom stereocenters. The number of phenols is 1. The first-order valence-corrected chi connectivity index (χ1v) is 9.37. The molecule has 4 aromatic rings. The molecule has 0 bridgehead atoms. The minimum Gasteiger partial charge on any atom is -0.507 e. The van der Waals surface area contributed by atoms with Crippen molar-refractivity contribution in [1.29, 1.82) is 0 Å². The largest absolute Gasteiger partial charge is 0.507 e. The van der Waals surface area contributed by atoms with Crippen molar-refractivity contribution >= 4 is 16.8 Å². The number of benzene rings is 4. The van der Waals surface area contributed by atoms with Crippen molar-refractivity contribution in [1.82, 2.24) is 0 Å². The molecular weight excluding hydrogens is 328 g/mol. The molecule has 1 N–H and O–H groups in total. The van der Waals surface area contributed by atoms with Crippen LogP contribution >= 0.6 is 0 Å². The van der Waals surface area contributed by atoms with Gasteiger partial charge in [0.15, 0.2) is 0 Å². The van der Waals surface area contributed by atoms with Crippen LogP contribution in [-0.2, 0) is 12.8 Å². The maximum absolute atomic E-state index is 9.72. The van der Waals surface area contributed by atoms with E-state index >= 15 is 0 Å². The van der Waals surface area contributed by atoms with Gasteiger partial charge in [-0.25, -0.2) is 0 Å².